The smallest absolute Gasteiger partial charge is 0.225 e. The Bertz CT molecular complexity index is 340. The summed E-state index contributed by atoms with van der Waals surface area (Å²) in [5.74, 6) is 0.0321. The van der Waals surface area contributed by atoms with Crippen LogP contribution in [0.25, 0.3) is 0 Å². The molecule has 0 aromatic carbocycles. The van der Waals surface area contributed by atoms with E-state index in [-0.39, 0.29) is 23.3 Å². The normalized spacial score (nSPS) is 25.8. The van der Waals surface area contributed by atoms with Gasteiger partial charge >= 0.3 is 0 Å². The molecular formula is C14H24N2O2. The molecule has 1 aliphatic heterocycles. The molecule has 102 valence electrons. The average Bonchev–Trinajstić information content (AvgIpc) is 2.82. The number of carbonyl (C=O) groups excluding carboxylic acids is 2. The Balaban J connectivity index is 1.93. The first-order valence-electron chi connectivity index (χ1n) is 6.98. The number of nitrogens with zero attached hydrogens (tertiary/aromatic N) is 1. The van der Waals surface area contributed by atoms with E-state index in [0.717, 1.165) is 12.8 Å². The van der Waals surface area contributed by atoms with Crippen molar-refractivity contribution in [3.05, 3.63) is 0 Å². The maximum atomic E-state index is 12.1. The molecule has 2 aliphatic rings. The summed E-state index contributed by atoms with van der Waals surface area (Å²) in [6, 6.07) is 0.393. The van der Waals surface area contributed by atoms with Crippen molar-refractivity contribution in [1.29, 1.82) is 0 Å². The maximum Gasteiger partial charge on any atom is 0.225 e. The number of likely N-dealkylation sites (tertiary alicyclic amines) is 1. The van der Waals surface area contributed by atoms with Crippen molar-refractivity contribution in [2.45, 2.75) is 64.5 Å². The van der Waals surface area contributed by atoms with Gasteiger partial charge in [0, 0.05) is 24.5 Å². The van der Waals surface area contributed by atoms with Gasteiger partial charge in [-0.1, -0.05) is 12.8 Å². The highest BCUT2D eigenvalue weighted by Gasteiger charge is 2.39. The monoisotopic (exact) mass is 252 g/mol. The zero-order valence-electron chi connectivity index (χ0n) is 11.7. The lowest BCUT2D eigenvalue weighted by Gasteiger charge is -2.25. The molecule has 1 saturated carbocycles. The molecule has 2 amide bonds. The minimum atomic E-state index is -0.221. The van der Waals surface area contributed by atoms with Gasteiger partial charge < -0.3 is 10.2 Å². The van der Waals surface area contributed by atoms with Crippen molar-refractivity contribution in [1.82, 2.24) is 10.2 Å². The first-order chi connectivity index (χ1) is 8.37. The molecule has 2 fully saturated rings. The summed E-state index contributed by atoms with van der Waals surface area (Å²) in [5, 5.41) is 2.97. The van der Waals surface area contributed by atoms with Crippen molar-refractivity contribution in [3.8, 4) is 0 Å². The lowest BCUT2D eigenvalue weighted by atomic mass is 10.0. The van der Waals surface area contributed by atoms with Crippen molar-refractivity contribution >= 4 is 11.8 Å². The van der Waals surface area contributed by atoms with Crippen LogP contribution in [-0.2, 0) is 9.59 Å². The largest absolute Gasteiger partial charge is 0.351 e. The highest BCUT2D eigenvalue weighted by atomic mass is 16.2. The van der Waals surface area contributed by atoms with Gasteiger partial charge in [0.15, 0.2) is 0 Å². The third-order valence-electron chi connectivity index (χ3n) is 3.79. The van der Waals surface area contributed by atoms with Gasteiger partial charge in [-0.2, -0.15) is 0 Å². The molecule has 1 atom stereocenters. The quantitative estimate of drug-likeness (QED) is 0.813. The fourth-order valence-electron chi connectivity index (χ4n) is 2.95. The molecule has 0 aromatic heterocycles. The molecule has 0 bridgehead atoms. The molecule has 0 spiro atoms. The lowest BCUT2D eigenvalue weighted by molar-refractivity contribution is -0.130. The van der Waals surface area contributed by atoms with Crippen molar-refractivity contribution in [2.24, 2.45) is 5.92 Å². The fraction of sp³-hybridized carbons (Fsp3) is 0.857. The molecule has 1 saturated heterocycles. The van der Waals surface area contributed by atoms with Crippen LogP contribution >= 0.6 is 0 Å². The third-order valence-corrected chi connectivity index (χ3v) is 3.79. The molecule has 1 heterocycles. The average molecular weight is 252 g/mol. The predicted molar refractivity (Wildman–Crippen MR) is 70.0 cm³/mol. The van der Waals surface area contributed by atoms with E-state index in [4.69, 9.17) is 0 Å². The Labute approximate surface area is 109 Å². The summed E-state index contributed by atoms with van der Waals surface area (Å²) in [7, 11) is 0. The van der Waals surface area contributed by atoms with E-state index in [9.17, 15) is 9.59 Å². The van der Waals surface area contributed by atoms with E-state index in [0.29, 0.717) is 19.0 Å². The van der Waals surface area contributed by atoms with Gasteiger partial charge in [-0.25, -0.2) is 0 Å². The van der Waals surface area contributed by atoms with Crippen LogP contribution in [0.2, 0.25) is 0 Å². The number of hydrogen-bond donors (Lipinski definition) is 1. The molecule has 2 rings (SSSR count). The van der Waals surface area contributed by atoms with Crippen LogP contribution in [0.1, 0.15) is 52.9 Å². The van der Waals surface area contributed by atoms with Crippen LogP contribution in [0.4, 0.5) is 0 Å². The van der Waals surface area contributed by atoms with Crippen LogP contribution < -0.4 is 5.32 Å². The van der Waals surface area contributed by atoms with E-state index in [2.05, 4.69) is 5.32 Å². The second-order valence-electron chi connectivity index (χ2n) is 6.62. The zero-order valence-corrected chi connectivity index (χ0v) is 11.7. The maximum absolute atomic E-state index is 12.1. The highest BCUT2D eigenvalue weighted by molar-refractivity contribution is 5.89. The standard InChI is InChI=1S/C14H24N2O2/c1-14(2,3)15-13(18)10-8-12(17)16(9-10)11-6-4-5-7-11/h10-11H,4-9H2,1-3H3,(H,15,18). The Kier molecular flexibility index (Phi) is 3.64. The van der Waals surface area contributed by atoms with E-state index in [1.54, 1.807) is 0 Å². The van der Waals surface area contributed by atoms with Crippen LogP contribution in [0.15, 0.2) is 0 Å². The van der Waals surface area contributed by atoms with Gasteiger partial charge in [-0.15, -0.1) is 0 Å². The molecule has 0 radical (unpaired) electrons. The predicted octanol–water partition coefficient (Wildman–Crippen LogP) is 1.69. The summed E-state index contributed by atoms with van der Waals surface area (Å²) in [6.07, 6.45) is 5.04. The summed E-state index contributed by atoms with van der Waals surface area (Å²) in [4.78, 5) is 26.0. The van der Waals surface area contributed by atoms with E-state index < -0.39 is 0 Å². The van der Waals surface area contributed by atoms with Crippen LogP contribution in [0.3, 0.4) is 0 Å². The molecule has 18 heavy (non-hydrogen) atoms. The summed E-state index contributed by atoms with van der Waals surface area (Å²) >= 11 is 0. The molecule has 1 unspecified atom stereocenters. The van der Waals surface area contributed by atoms with E-state index in [1.807, 2.05) is 25.7 Å². The summed E-state index contributed by atoms with van der Waals surface area (Å²) in [5.41, 5.74) is -0.221. The van der Waals surface area contributed by atoms with Gasteiger partial charge in [-0.3, -0.25) is 9.59 Å². The topological polar surface area (TPSA) is 49.4 Å². The number of carbonyl (C=O) groups is 2. The molecular weight excluding hydrogens is 228 g/mol. The minimum absolute atomic E-state index is 0.0244. The SMILES string of the molecule is CC(C)(C)NC(=O)C1CC(=O)N(C2CCCC2)C1. The van der Waals surface area contributed by atoms with Gasteiger partial charge in [0.05, 0.1) is 5.92 Å². The van der Waals surface area contributed by atoms with Crippen molar-refractivity contribution in [3.63, 3.8) is 0 Å². The van der Waals surface area contributed by atoms with Gasteiger partial charge in [-0.05, 0) is 33.6 Å². The Morgan fingerprint density at radius 3 is 2.44 bits per heavy atom. The highest BCUT2D eigenvalue weighted by Crippen LogP contribution is 2.29. The first kappa shape index (κ1) is 13.4. The Morgan fingerprint density at radius 2 is 1.89 bits per heavy atom. The van der Waals surface area contributed by atoms with Crippen LogP contribution in [0.5, 0.6) is 0 Å². The molecule has 1 aliphatic carbocycles. The van der Waals surface area contributed by atoms with Crippen LogP contribution in [0, 0.1) is 5.92 Å². The van der Waals surface area contributed by atoms with Gasteiger partial charge in [0.25, 0.3) is 0 Å². The zero-order chi connectivity index (χ0) is 13.3. The number of nitrogens with one attached hydrogen (secondary N) is 1. The van der Waals surface area contributed by atoms with Crippen molar-refractivity contribution < 1.29 is 9.59 Å². The van der Waals surface area contributed by atoms with Crippen molar-refractivity contribution in [2.75, 3.05) is 6.54 Å². The number of amides is 2. The summed E-state index contributed by atoms with van der Waals surface area (Å²) < 4.78 is 0. The number of rotatable bonds is 2. The van der Waals surface area contributed by atoms with Gasteiger partial charge in [0.1, 0.15) is 0 Å². The molecule has 0 aromatic rings. The first-order valence-corrected chi connectivity index (χ1v) is 6.98. The Morgan fingerprint density at radius 1 is 1.28 bits per heavy atom. The fourth-order valence-corrected chi connectivity index (χ4v) is 2.95. The second kappa shape index (κ2) is 4.90. The van der Waals surface area contributed by atoms with Crippen LogP contribution in [-0.4, -0.2) is 34.8 Å². The summed E-state index contributed by atoms with van der Waals surface area (Å²) in [6.45, 7) is 6.52. The van der Waals surface area contributed by atoms with Gasteiger partial charge in [0.2, 0.25) is 11.8 Å². The lowest BCUT2D eigenvalue weighted by Crippen LogP contribution is -2.44. The molecule has 4 nitrogen and oxygen atoms in total. The minimum Gasteiger partial charge on any atom is -0.351 e. The second-order valence-corrected chi connectivity index (χ2v) is 6.62. The molecule has 4 heteroatoms. The number of hydrogen-bond acceptors (Lipinski definition) is 2. The third kappa shape index (κ3) is 3.03. The Hall–Kier alpha value is -1.06. The molecule has 1 N–H and O–H groups in total. The van der Waals surface area contributed by atoms with E-state index >= 15 is 0 Å². The van der Waals surface area contributed by atoms with E-state index in [1.165, 1.54) is 12.8 Å².